The van der Waals surface area contributed by atoms with Crippen LogP contribution < -0.4 is 15.5 Å². The lowest BCUT2D eigenvalue weighted by molar-refractivity contribution is -0.137. The van der Waals surface area contributed by atoms with Gasteiger partial charge in [0.05, 0.1) is 11.3 Å². The molecule has 34 heavy (non-hydrogen) atoms. The standard InChI is InChI=1S/C24H26F3N5O2/c1-31-19-12-5-4-11-18(19)21(32-13-6-2-3-7-14-32)29-20(22(31)33)30-23(34)28-17-10-8-9-16(15-17)24(25,26)27/h4-5,8-12,15,20H,2-3,6-7,13-14H2,1H3,(H2,28,30,34)/t20-/m0/s1. The Kier molecular flexibility index (Phi) is 6.76. The van der Waals surface area contributed by atoms with E-state index in [0.717, 1.165) is 56.5 Å². The number of carbonyl (C=O) groups excluding carboxylic acids is 2. The lowest BCUT2D eigenvalue weighted by atomic mass is 10.1. The molecule has 2 aliphatic rings. The van der Waals surface area contributed by atoms with E-state index in [4.69, 9.17) is 0 Å². The smallest absolute Gasteiger partial charge is 0.356 e. The maximum absolute atomic E-state index is 13.2. The average Bonchev–Trinajstić information content (AvgIpc) is 3.14. The van der Waals surface area contributed by atoms with Crippen LogP contribution in [0.1, 0.15) is 36.8 Å². The number of hydrogen-bond donors (Lipinski definition) is 2. The molecular formula is C24H26F3N5O2. The van der Waals surface area contributed by atoms with E-state index in [1.165, 1.54) is 17.0 Å². The number of benzene rings is 2. The lowest BCUT2D eigenvalue weighted by Crippen LogP contribution is -2.47. The van der Waals surface area contributed by atoms with Crippen molar-refractivity contribution in [2.24, 2.45) is 4.99 Å². The van der Waals surface area contributed by atoms with Gasteiger partial charge in [0.25, 0.3) is 5.91 Å². The maximum atomic E-state index is 13.2. The first-order chi connectivity index (χ1) is 16.2. The van der Waals surface area contributed by atoms with Crippen LogP contribution in [0.25, 0.3) is 0 Å². The van der Waals surface area contributed by atoms with Gasteiger partial charge in [-0.3, -0.25) is 4.79 Å². The zero-order valence-corrected chi connectivity index (χ0v) is 18.7. The molecule has 4 rings (SSSR count). The molecule has 2 aromatic rings. The van der Waals surface area contributed by atoms with Gasteiger partial charge in [-0.2, -0.15) is 13.2 Å². The number of fused-ring (bicyclic) bond motifs is 1. The first kappa shape index (κ1) is 23.6. The van der Waals surface area contributed by atoms with E-state index in [0.29, 0.717) is 11.5 Å². The summed E-state index contributed by atoms with van der Waals surface area (Å²) in [6.45, 7) is 1.57. The number of aliphatic imine (C=N–C) groups is 1. The van der Waals surface area contributed by atoms with Crippen LogP contribution in [0.15, 0.2) is 53.5 Å². The quantitative estimate of drug-likeness (QED) is 0.677. The van der Waals surface area contributed by atoms with E-state index in [1.54, 1.807) is 7.05 Å². The summed E-state index contributed by atoms with van der Waals surface area (Å²) in [6, 6.07) is 10.9. The molecule has 2 aliphatic heterocycles. The molecule has 10 heteroatoms. The molecule has 1 saturated heterocycles. The van der Waals surface area contributed by atoms with Gasteiger partial charge in [-0.25, -0.2) is 9.79 Å². The number of carbonyl (C=O) groups is 2. The second kappa shape index (κ2) is 9.74. The van der Waals surface area contributed by atoms with Crippen LogP contribution in [0, 0.1) is 0 Å². The number of nitrogens with one attached hydrogen (secondary N) is 2. The molecule has 7 nitrogen and oxygen atoms in total. The van der Waals surface area contributed by atoms with Crippen LogP contribution in [0.5, 0.6) is 0 Å². The van der Waals surface area contributed by atoms with Crippen molar-refractivity contribution in [1.29, 1.82) is 0 Å². The highest BCUT2D eigenvalue weighted by Gasteiger charge is 2.33. The molecule has 2 N–H and O–H groups in total. The largest absolute Gasteiger partial charge is 0.416 e. The molecule has 3 amide bonds. The third-order valence-electron chi connectivity index (χ3n) is 5.94. The summed E-state index contributed by atoms with van der Waals surface area (Å²) in [5, 5.41) is 4.91. The molecule has 1 fully saturated rings. The van der Waals surface area contributed by atoms with Crippen LogP contribution >= 0.6 is 0 Å². The molecule has 2 aromatic carbocycles. The van der Waals surface area contributed by atoms with Gasteiger partial charge in [0.1, 0.15) is 5.84 Å². The number of halogens is 3. The number of anilines is 2. The molecule has 2 heterocycles. The Labute approximate surface area is 195 Å². The molecule has 0 bridgehead atoms. The minimum Gasteiger partial charge on any atom is -0.356 e. The molecule has 0 aliphatic carbocycles. The van der Waals surface area contributed by atoms with E-state index in [2.05, 4.69) is 20.5 Å². The zero-order chi connectivity index (χ0) is 24.3. The van der Waals surface area contributed by atoms with Gasteiger partial charge in [-0.1, -0.05) is 31.0 Å². The predicted molar refractivity (Wildman–Crippen MR) is 124 cm³/mol. The Balaban J connectivity index is 1.61. The summed E-state index contributed by atoms with van der Waals surface area (Å²) in [5.74, 6) is 0.177. The van der Waals surface area contributed by atoms with Gasteiger partial charge in [0.2, 0.25) is 6.17 Å². The number of likely N-dealkylation sites (N-methyl/N-ethyl adjacent to an activating group) is 1. The third kappa shape index (κ3) is 5.16. The number of amides is 3. The van der Waals surface area contributed by atoms with Crippen LogP contribution in [0.2, 0.25) is 0 Å². The Morgan fingerprint density at radius 3 is 2.44 bits per heavy atom. The first-order valence-electron chi connectivity index (χ1n) is 11.2. The molecule has 1 atom stereocenters. The Bertz CT molecular complexity index is 1090. The third-order valence-corrected chi connectivity index (χ3v) is 5.94. The molecule has 180 valence electrons. The molecule has 0 radical (unpaired) electrons. The highest BCUT2D eigenvalue weighted by atomic mass is 19.4. The number of benzodiazepines with no additional fused rings is 1. The fraction of sp³-hybridized carbons (Fsp3) is 0.375. The molecule has 0 spiro atoms. The monoisotopic (exact) mass is 473 g/mol. The number of likely N-dealkylation sites (tertiary alicyclic amines) is 1. The second-order valence-corrected chi connectivity index (χ2v) is 8.35. The summed E-state index contributed by atoms with van der Waals surface area (Å²) in [4.78, 5) is 34.1. The Morgan fingerprint density at radius 2 is 1.74 bits per heavy atom. The summed E-state index contributed by atoms with van der Waals surface area (Å²) in [7, 11) is 1.61. The highest BCUT2D eigenvalue weighted by molar-refractivity contribution is 6.12. The van der Waals surface area contributed by atoms with Gasteiger partial charge in [-0.15, -0.1) is 0 Å². The van der Waals surface area contributed by atoms with Crippen molar-refractivity contribution in [3.05, 3.63) is 59.7 Å². The van der Waals surface area contributed by atoms with E-state index >= 15 is 0 Å². The Hall–Kier alpha value is -3.56. The SMILES string of the molecule is CN1C(=O)[C@H](NC(=O)Nc2cccc(C(F)(F)F)c2)N=C(N2CCCCCC2)c2ccccc21. The van der Waals surface area contributed by atoms with E-state index < -0.39 is 29.8 Å². The van der Waals surface area contributed by atoms with Crippen molar-refractivity contribution in [3.8, 4) is 0 Å². The highest BCUT2D eigenvalue weighted by Crippen LogP contribution is 2.31. The predicted octanol–water partition coefficient (Wildman–Crippen LogP) is 4.45. The number of hydrogen-bond acceptors (Lipinski definition) is 4. The molecule has 0 saturated carbocycles. The second-order valence-electron chi connectivity index (χ2n) is 8.35. The topological polar surface area (TPSA) is 77.0 Å². The van der Waals surface area contributed by atoms with Gasteiger partial charge in [0.15, 0.2) is 0 Å². The minimum atomic E-state index is -4.54. The van der Waals surface area contributed by atoms with Crippen molar-refractivity contribution in [2.45, 2.75) is 38.0 Å². The minimum absolute atomic E-state index is 0.0400. The molecular weight excluding hydrogens is 447 g/mol. The number of nitrogens with zero attached hydrogens (tertiary/aromatic N) is 3. The molecule has 0 unspecified atom stereocenters. The lowest BCUT2D eigenvalue weighted by Gasteiger charge is -2.26. The number of amidine groups is 1. The number of urea groups is 1. The number of alkyl halides is 3. The van der Waals surface area contributed by atoms with Crippen molar-refractivity contribution in [2.75, 3.05) is 30.4 Å². The van der Waals surface area contributed by atoms with Gasteiger partial charge >= 0.3 is 12.2 Å². The summed E-state index contributed by atoms with van der Waals surface area (Å²) in [6.07, 6.45) is -1.54. The maximum Gasteiger partial charge on any atom is 0.416 e. The van der Waals surface area contributed by atoms with Crippen molar-refractivity contribution < 1.29 is 22.8 Å². The molecule has 0 aromatic heterocycles. The van der Waals surface area contributed by atoms with E-state index in [1.807, 2.05) is 24.3 Å². The number of para-hydroxylation sites is 1. The number of rotatable bonds is 2. The van der Waals surface area contributed by atoms with Crippen molar-refractivity contribution in [3.63, 3.8) is 0 Å². The van der Waals surface area contributed by atoms with Crippen LogP contribution in [0.3, 0.4) is 0 Å². The van der Waals surface area contributed by atoms with Gasteiger partial charge < -0.3 is 20.4 Å². The average molecular weight is 473 g/mol. The van der Waals surface area contributed by atoms with Crippen LogP contribution in [-0.4, -0.2) is 49.0 Å². The van der Waals surface area contributed by atoms with Crippen molar-refractivity contribution in [1.82, 2.24) is 10.2 Å². The first-order valence-corrected chi connectivity index (χ1v) is 11.2. The summed E-state index contributed by atoms with van der Waals surface area (Å²) >= 11 is 0. The van der Waals surface area contributed by atoms with Gasteiger partial charge in [0, 0.05) is 31.4 Å². The zero-order valence-electron chi connectivity index (χ0n) is 18.7. The normalized spacial score (nSPS) is 19.0. The summed E-state index contributed by atoms with van der Waals surface area (Å²) in [5.41, 5.74) is 0.551. The van der Waals surface area contributed by atoms with Crippen molar-refractivity contribution >= 4 is 29.1 Å². The van der Waals surface area contributed by atoms with E-state index in [9.17, 15) is 22.8 Å². The van der Waals surface area contributed by atoms with Crippen LogP contribution in [-0.2, 0) is 11.0 Å². The fourth-order valence-corrected chi connectivity index (χ4v) is 4.20. The van der Waals surface area contributed by atoms with Gasteiger partial charge in [-0.05, 0) is 43.2 Å². The van der Waals surface area contributed by atoms with E-state index in [-0.39, 0.29) is 5.69 Å². The Morgan fingerprint density at radius 1 is 1.03 bits per heavy atom. The van der Waals surface area contributed by atoms with Crippen LogP contribution in [0.4, 0.5) is 29.3 Å². The fourth-order valence-electron chi connectivity index (χ4n) is 4.20. The summed E-state index contributed by atoms with van der Waals surface area (Å²) < 4.78 is 39.0.